The lowest BCUT2D eigenvalue weighted by Crippen LogP contribution is -2.30. The Labute approximate surface area is 221 Å². The monoisotopic (exact) mass is 527 g/mol. The molecule has 1 aliphatic rings. The SMILES string of the molecule is COc1cc2c(cc1Cc1cccc(Cl)c1C)c(=O)c(C(=O)O)cn2C(COC1CCCCO1)C(C)C. The van der Waals surface area contributed by atoms with Gasteiger partial charge < -0.3 is 23.9 Å². The number of hydrogen-bond acceptors (Lipinski definition) is 5. The molecule has 0 aliphatic carbocycles. The Morgan fingerprint density at radius 3 is 2.68 bits per heavy atom. The second kappa shape index (κ2) is 11.7. The summed E-state index contributed by atoms with van der Waals surface area (Å²) in [6, 6.07) is 9.06. The summed E-state index contributed by atoms with van der Waals surface area (Å²) in [5.74, 6) is -0.555. The topological polar surface area (TPSA) is 87.0 Å². The predicted molar refractivity (Wildman–Crippen MR) is 144 cm³/mol. The first-order valence-corrected chi connectivity index (χ1v) is 13.0. The highest BCUT2D eigenvalue weighted by atomic mass is 35.5. The van der Waals surface area contributed by atoms with Crippen LogP contribution in [0.3, 0.4) is 0 Å². The number of fused-ring (bicyclic) bond motifs is 1. The molecule has 2 heterocycles. The second-order valence-corrected chi connectivity index (χ2v) is 10.3. The van der Waals surface area contributed by atoms with Crippen molar-refractivity contribution < 1.29 is 24.1 Å². The number of methoxy groups -OCH3 is 1. The first-order valence-electron chi connectivity index (χ1n) is 12.7. The Morgan fingerprint density at radius 1 is 1.24 bits per heavy atom. The van der Waals surface area contributed by atoms with Crippen molar-refractivity contribution in [3.05, 3.63) is 74.0 Å². The van der Waals surface area contributed by atoms with E-state index in [1.807, 2.05) is 49.6 Å². The quantitative estimate of drug-likeness (QED) is 0.367. The molecule has 1 N–H and O–H groups in total. The van der Waals surface area contributed by atoms with Crippen LogP contribution in [0.1, 0.15) is 66.2 Å². The molecule has 198 valence electrons. The van der Waals surface area contributed by atoms with Gasteiger partial charge in [0.2, 0.25) is 5.43 Å². The number of carboxylic acids is 1. The number of ether oxygens (including phenoxy) is 3. The zero-order valence-corrected chi connectivity index (χ0v) is 22.5. The third-order valence-corrected chi connectivity index (χ3v) is 7.55. The van der Waals surface area contributed by atoms with Gasteiger partial charge in [-0.3, -0.25) is 4.79 Å². The van der Waals surface area contributed by atoms with Crippen LogP contribution in [0.2, 0.25) is 5.02 Å². The maximum absolute atomic E-state index is 13.3. The predicted octanol–water partition coefficient (Wildman–Crippen LogP) is 6.00. The van der Waals surface area contributed by atoms with Gasteiger partial charge in [-0.15, -0.1) is 0 Å². The largest absolute Gasteiger partial charge is 0.496 e. The van der Waals surface area contributed by atoms with E-state index in [0.717, 1.165) is 36.0 Å². The van der Waals surface area contributed by atoms with Crippen LogP contribution >= 0.6 is 11.6 Å². The van der Waals surface area contributed by atoms with Crippen LogP contribution in [-0.4, -0.2) is 42.3 Å². The van der Waals surface area contributed by atoms with Gasteiger partial charge in [-0.2, -0.15) is 0 Å². The zero-order valence-electron chi connectivity index (χ0n) is 21.8. The van der Waals surface area contributed by atoms with Gasteiger partial charge in [0.1, 0.15) is 11.3 Å². The van der Waals surface area contributed by atoms with E-state index in [1.165, 1.54) is 6.20 Å². The van der Waals surface area contributed by atoms with Gasteiger partial charge in [0.25, 0.3) is 0 Å². The number of aromatic nitrogens is 1. The summed E-state index contributed by atoms with van der Waals surface area (Å²) < 4.78 is 19.4. The second-order valence-electron chi connectivity index (χ2n) is 9.91. The standard InChI is InChI=1S/C29H34ClNO6/c1-17(2)25(16-37-27-10-5-6-11-36-27)31-15-22(29(33)34)28(32)21-13-20(26(35-4)14-24(21)31)12-19-8-7-9-23(30)18(19)3/h7-9,13-15,17,25,27H,5-6,10-12,16H2,1-4H3,(H,33,34). The molecule has 2 atom stereocenters. The van der Waals surface area contributed by atoms with Crippen molar-refractivity contribution >= 4 is 28.5 Å². The van der Waals surface area contributed by atoms with Crippen LogP contribution in [0.15, 0.2) is 41.3 Å². The number of rotatable bonds is 9. The molecule has 2 unspecified atom stereocenters. The summed E-state index contributed by atoms with van der Waals surface area (Å²) in [5.41, 5.74) is 2.53. The highest BCUT2D eigenvalue weighted by molar-refractivity contribution is 6.31. The molecule has 4 rings (SSSR count). The minimum atomic E-state index is -1.26. The van der Waals surface area contributed by atoms with E-state index in [0.29, 0.717) is 41.3 Å². The molecule has 8 heteroatoms. The average Bonchev–Trinajstić information content (AvgIpc) is 2.88. The number of halogens is 1. The first kappa shape index (κ1) is 27.2. The van der Waals surface area contributed by atoms with Crippen LogP contribution in [0, 0.1) is 12.8 Å². The van der Waals surface area contributed by atoms with Gasteiger partial charge in [0.05, 0.1) is 25.3 Å². The van der Waals surface area contributed by atoms with E-state index in [2.05, 4.69) is 0 Å². The van der Waals surface area contributed by atoms with Gasteiger partial charge in [0, 0.05) is 35.7 Å². The van der Waals surface area contributed by atoms with Crippen molar-refractivity contribution in [2.24, 2.45) is 5.92 Å². The van der Waals surface area contributed by atoms with Crippen molar-refractivity contribution in [3.63, 3.8) is 0 Å². The molecule has 3 aromatic rings. The number of aromatic carboxylic acids is 1. The van der Waals surface area contributed by atoms with Gasteiger partial charge in [-0.1, -0.05) is 37.6 Å². The number of hydrogen-bond donors (Lipinski definition) is 1. The van der Waals surface area contributed by atoms with E-state index in [1.54, 1.807) is 13.2 Å². The molecule has 1 fully saturated rings. The molecule has 0 saturated carbocycles. The Bertz CT molecular complexity index is 1340. The zero-order chi connectivity index (χ0) is 26.7. The van der Waals surface area contributed by atoms with Crippen LogP contribution in [0.4, 0.5) is 0 Å². The Kier molecular flexibility index (Phi) is 8.57. The molecular weight excluding hydrogens is 494 g/mol. The van der Waals surface area contributed by atoms with Crippen molar-refractivity contribution in [1.29, 1.82) is 0 Å². The Hall–Kier alpha value is -2.87. The molecule has 0 amide bonds. The minimum Gasteiger partial charge on any atom is -0.496 e. The van der Waals surface area contributed by atoms with Crippen LogP contribution in [-0.2, 0) is 15.9 Å². The van der Waals surface area contributed by atoms with Gasteiger partial charge >= 0.3 is 5.97 Å². The van der Waals surface area contributed by atoms with Gasteiger partial charge in [-0.25, -0.2) is 4.79 Å². The molecule has 7 nitrogen and oxygen atoms in total. The highest BCUT2D eigenvalue weighted by Gasteiger charge is 2.25. The third kappa shape index (κ3) is 5.84. The normalized spacial score (nSPS) is 16.8. The molecule has 1 aliphatic heterocycles. The van der Waals surface area contributed by atoms with E-state index in [4.69, 9.17) is 25.8 Å². The Morgan fingerprint density at radius 2 is 2.03 bits per heavy atom. The van der Waals surface area contributed by atoms with Crippen molar-refractivity contribution in [2.75, 3.05) is 20.3 Å². The summed E-state index contributed by atoms with van der Waals surface area (Å²) >= 11 is 6.33. The molecule has 0 radical (unpaired) electrons. The maximum Gasteiger partial charge on any atom is 0.341 e. The lowest BCUT2D eigenvalue weighted by molar-refractivity contribution is -0.169. The summed E-state index contributed by atoms with van der Waals surface area (Å²) in [7, 11) is 1.59. The fourth-order valence-electron chi connectivity index (χ4n) is 4.87. The lowest BCUT2D eigenvalue weighted by Gasteiger charge is -2.30. The average molecular weight is 528 g/mol. The first-order chi connectivity index (χ1) is 17.7. The maximum atomic E-state index is 13.3. The number of pyridine rings is 1. The molecule has 37 heavy (non-hydrogen) atoms. The summed E-state index contributed by atoms with van der Waals surface area (Å²) in [5, 5.41) is 10.9. The molecule has 1 aromatic heterocycles. The summed E-state index contributed by atoms with van der Waals surface area (Å²) in [4.78, 5) is 25.4. The van der Waals surface area contributed by atoms with Crippen molar-refractivity contribution in [1.82, 2.24) is 4.57 Å². The third-order valence-electron chi connectivity index (χ3n) is 7.14. The smallest absolute Gasteiger partial charge is 0.341 e. The molecular formula is C29H34ClNO6. The van der Waals surface area contributed by atoms with Crippen LogP contribution in [0.25, 0.3) is 10.9 Å². The fraction of sp³-hybridized carbons (Fsp3) is 0.448. The number of nitrogens with zero attached hydrogens (tertiary/aromatic N) is 1. The van der Waals surface area contributed by atoms with Crippen molar-refractivity contribution in [2.45, 2.75) is 58.8 Å². The van der Waals surface area contributed by atoms with E-state index in [-0.39, 0.29) is 23.8 Å². The molecule has 2 aromatic carbocycles. The highest BCUT2D eigenvalue weighted by Crippen LogP contribution is 2.32. The van der Waals surface area contributed by atoms with E-state index >= 15 is 0 Å². The lowest BCUT2D eigenvalue weighted by atomic mass is 9.97. The summed E-state index contributed by atoms with van der Waals surface area (Å²) in [6.45, 7) is 7.05. The molecule has 0 bridgehead atoms. The molecule has 1 saturated heterocycles. The number of benzene rings is 2. The number of carbonyl (C=O) groups is 1. The van der Waals surface area contributed by atoms with Gasteiger partial charge in [-0.05, 0) is 60.9 Å². The Balaban J connectivity index is 1.84. The van der Waals surface area contributed by atoms with Gasteiger partial charge in [0.15, 0.2) is 6.29 Å². The van der Waals surface area contributed by atoms with Crippen molar-refractivity contribution in [3.8, 4) is 5.75 Å². The number of carboxylic acid groups (broad SMARTS) is 1. The van der Waals surface area contributed by atoms with E-state index < -0.39 is 11.4 Å². The summed E-state index contributed by atoms with van der Waals surface area (Å²) in [6.07, 6.45) is 4.54. The van der Waals surface area contributed by atoms with Crippen LogP contribution in [0.5, 0.6) is 5.75 Å². The molecule has 0 spiro atoms. The minimum absolute atomic E-state index is 0.0933. The van der Waals surface area contributed by atoms with Crippen LogP contribution < -0.4 is 10.2 Å². The fourth-order valence-corrected chi connectivity index (χ4v) is 5.06. The van der Waals surface area contributed by atoms with E-state index in [9.17, 15) is 14.7 Å².